The smallest absolute Gasteiger partial charge is 0.142 e. The average molecular weight is 304 g/mol. The van der Waals surface area contributed by atoms with Gasteiger partial charge in [-0.05, 0) is 37.5 Å². The summed E-state index contributed by atoms with van der Waals surface area (Å²) in [6.07, 6.45) is 6.11. The summed E-state index contributed by atoms with van der Waals surface area (Å²) in [4.78, 5) is 12.2. The zero-order valence-corrected chi connectivity index (χ0v) is 13.7. The van der Waals surface area contributed by atoms with E-state index in [-0.39, 0.29) is 29.1 Å². The first-order valence-electron chi connectivity index (χ1n) is 8.86. The van der Waals surface area contributed by atoms with E-state index in [1.807, 2.05) is 13.8 Å². The normalized spacial score (nSPS) is 43.5. The Balaban J connectivity index is 1.73. The first-order valence-corrected chi connectivity index (χ1v) is 8.86. The number of ketones is 1. The first-order chi connectivity index (χ1) is 10.4. The molecule has 3 rings (SSSR count). The van der Waals surface area contributed by atoms with Crippen LogP contribution in [0.4, 0.5) is 0 Å². The topological polar surface area (TPSA) is 57.5 Å². The summed E-state index contributed by atoms with van der Waals surface area (Å²) < 4.78 is 0. The van der Waals surface area contributed by atoms with Crippen LogP contribution in [0.25, 0.3) is 0 Å². The van der Waals surface area contributed by atoms with Crippen molar-refractivity contribution >= 4 is 5.78 Å². The van der Waals surface area contributed by atoms with Gasteiger partial charge in [0.15, 0.2) is 0 Å². The van der Waals surface area contributed by atoms with Crippen LogP contribution in [0.15, 0.2) is 0 Å². The van der Waals surface area contributed by atoms with E-state index in [1.165, 1.54) is 19.3 Å². The van der Waals surface area contributed by atoms with Gasteiger partial charge in [-0.3, -0.25) is 4.79 Å². The van der Waals surface area contributed by atoms with Crippen molar-refractivity contribution in [3.05, 3.63) is 0 Å². The van der Waals surface area contributed by atoms with Crippen LogP contribution in [0, 0.1) is 40.9 Å². The Bertz CT molecular complexity index is 497. The van der Waals surface area contributed by atoms with Gasteiger partial charge in [-0.1, -0.05) is 45.0 Å². The van der Waals surface area contributed by atoms with Crippen LogP contribution in [0.2, 0.25) is 0 Å². The first kappa shape index (κ1) is 16.0. The molecule has 1 unspecified atom stereocenters. The molecule has 22 heavy (non-hydrogen) atoms. The highest BCUT2D eigenvalue weighted by molar-refractivity contribution is 5.93. The summed E-state index contributed by atoms with van der Waals surface area (Å²) in [7, 11) is 0. The maximum absolute atomic E-state index is 12.2. The fourth-order valence-electron chi connectivity index (χ4n) is 5.10. The fourth-order valence-corrected chi connectivity index (χ4v) is 5.10. The van der Waals surface area contributed by atoms with Crippen LogP contribution in [0.1, 0.15) is 58.8 Å². The number of Topliss-reactive ketones (excluding diaryl/α,β-unsaturated/α-hetero) is 1. The summed E-state index contributed by atoms with van der Waals surface area (Å²) in [5.74, 6) is 6.78. The van der Waals surface area contributed by atoms with Crippen LogP contribution in [0.5, 0.6) is 0 Å². The zero-order valence-electron chi connectivity index (χ0n) is 13.7. The molecule has 3 aliphatic rings. The van der Waals surface area contributed by atoms with E-state index in [1.54, 1.807) is 0 Å². The van der Waals surface area contributed by atoms with E-state index >= 15 is 0 Å². The quantitative estimate of drug-likeness (QED) is 0.732. The lowest BCUT2D eigenvalue weighted by molar-refractivity contribution is -0.169. The molecule has 3 saturated carbocycles. The van der Waals surface area contributed by atoms with Gasteiger partial charge in [0, 0.05) is 11.3 Å². The number of carbonyl (C=O) groups is 1. The van der Waals surface area contributed by atoms with E-state index in [9.17, 15) is 15.0 Å². The Kier molecular flexibility index (Phi) is 4.36. The van der Waals surface area contributed by atoms with Crippen molar-refractivity contribution in [3.63, 3.8) is 0 Å². The molecule has 0 amide bonds. The van der Waals surface area contributed by atoms with Gasteiger partial charge in [0.05, 0.1) is 12.0 Å². The number of hydrogen-bond acceptors (Lipinski definition) is 3. The summed E-state index contributed by atoms with van der Waals surface area (Å²) in [6.45, 7) is 3.98. The van der Waals surface area contributed by atoms with Crippen LogP contribution in [-0.2, 0) is 4.79 Å². The van der Waals surface area contributed by atoms with Crippen molar-refractivity contribution in [2.24, 2.45) is 29.1 Å². The van der Waals surface area contributed by atoms with Crippen molar-refractivity contribution in [1.82, 2.24) is 0 Å². The summed E-state index contributed by atoms with van der Waals surface area (Å²) in [5.41, 5.74) is -0.298. The Labute approximate surface area is 133 Å². The molecule has 0 aromatic carbocycles. The molecule has 122 valence electrons. The molecule has 0 spiro atoms. The number of carbonyl (C=O) groups excluding carboxylic acids is 1. The summed E-state index contributed by atoms with van der Waals surface area (Å²) in [5, 5.41) is 20.7. The minimum atomic E-state index is -0.577. The minimum absolute atomic E-state index is 0.00827. The third kappa shape index (κ3) is 2.51. The molecule has 0 aliphatic heterocycles. The van der Waals surface area contributed by atoms with Gasteiger partial charge in [-0.25, -0.2) is 0 Å². The second-order valence-electron chi connectivity index (χ2n) is 7.86. The van der Waals surface area contributed by atoms with Crippen LogP contribution < -0.4 is 0 Å². The van der Waals surface area contributed by atoms with Gasteiger partial charge in [0.2, 0.25) is 0 Å². The van der Waals surface area contributed by atoms with Crippen molar-refractivity contribution in [2.45, 2.75) is 71.0 Å². The number of aliphatic hydroxyl groups excluding tert-OH is 2. The summed E-state index contributed by atoms with van der Waals surface area (Å²) >= 11 is 0. The average Bonchev–Trinajstić information content (AvgIpc) is 2.55. The zero-order chi connectivity index (χ0) is 15.9. The van der Waals surface area contributed by atoms with Gasteiger partial charge in [0.25, 0.3) is 0 Å². The lowest BCUT2D eigenvalue weighted by Crippen LogP contribution is -2.62. The molecule has 0 bridgehead atoms. The lowest BCUT2D eigenvalue weighted by atomic mass is 9.45. The minimum Gasteiger partial charge on any atom is -0.392 e. The van der Waals surface area contributed by atoms with Gasteiger partial charge < -0.3 is 10.2 Å². The maximum atomic E-state index is 12.2. The van der Waals surface area contributed by atoms with Crippen molar-refractivity contribution in [1.29, 1.82) is 0 Å². The molecule has 0 heterocycles. The Morgan fingerprint density at radius 3 is 2.59 bits per heavy atom. The number of hydrogen-bond donors (Lipinski definition) is 2. The third-order valence-corrected chi connectivity index (χ3v) is 6.51. The second kappa shape index (κ2) is 5.98. The predicted molar refractivity (Wildman–Crippen MR) is 84.9 cm³/mol. The van der Waals surface area contributed by atoms with Gasteiger partial charge >= 0.3 is 0 Å². The molecule has 0 aromatic heterocycles. The molecule has 0 saturated heterocycles. The number of fused-ring (bicyclic) bond motifs is 1. The van der Waals surface area contributed by atoms with Crippen molar-refractivity contribution in [2.75, 3.05) is 0 Å². The summed E-state index contributed by atoms with van der Waals surface area (Å²) in [6, 6.07) is 0. The highest BCUT2D eigenvalue weighted by Gasteiger charge is 2.62. The Morgan fingerprint density at radius 1 is 1.23 bits per heavy atom. The molecule has 3 nitrogen and oxygen atoms in total. The second-order valence-corrected chi connectivity index (χ2v) is 7.86. The third-order valence-electron chi connectivity index (χ3n) is 6.51. The SMILES string of the molecule is CC1C(=O)[C@]2(C)CC[C@H](O)[C@@H](C#C[C@H](O)C3CCCCC3)[C@H]12. The molecular formula is C19H28O3. The van der Waals surface area contributed by atoms with E-state index in [2.05, 4.69) is 11.8 Å². The maximum Gasteiger partial charge on any atom is 0.142 e. The molecule has 2 N–H and O–H groups in total. The van der Waals surface area contributed by atoms with E-state index in [4.69, 9.17) is 0 Å². The lowest BCUT2D eigenvalue weighted by Gasteiger charge is -2.57. The Morgan fingerprint density at radius 2 is 1.91 bits per heavy atom. The molecule has 6 atom stereocenters. The largest absolute Gasteiger partial charge is 0.392 e. The molecule has 0 radical (unpaired) electrons. The molecular weight excluding hydrogens is 276 g/mol. The predicted octanol–water partition coefficient (Wildman–Crippen LogP) is 2.54. The van der Waals surface area contributed by atoms with Gasteiger partial charge in [-0.15, -0.1) is 0 Å². The fraction of sp³-hybridized carbons (Fsp3) is 0.842. The van der Waals surface area contributed by atoms with Gasteiger partial charge in [0.1, 0.15) is 11.9 Å². The van der Waals surface area contributed by atoms with E-state index in [0.717, 1.165) is 19.3 Å². The molecule has 3 fully saturated rings. The van der Waals surface area contributed by atoms with Crippen molar-refractivity contribution < 1.29 is 15.0 Å². The molecule has 3 heteroatoms. The van der Waals surface area contributed by atoms with Gasteiger partial charge in [-0.2, -0.15) is 0 Å². The monoisotopic (exact) mass is 304 g/mol. The highest BCUT2D eigenvalue weighted by atomic mass is 16.3. The van der Waals surface area contributed by atoms with Crippen LogP contribution in [0.3, 0.4) is 0 Å². The number of aliphatic hydroxyl groups is 2. The Hall–Kier alpha value is -0.850. The van der Waals surface area contributed by atoms with Crippen molar-refractivity contribution in [3.8, 4) is 11.8 Å². The van der Waals surface area contributed by atoms with Crippen LogP contribution in [-0.4, -0.2) is 28.2 Å². The van der Waals surface area contributed by atoms with E-state index < -0.39 is 12.2 Å². The number of rotatable bonds is 1. The molecule has 3 aliphatic carbocycles. The highest BCUT2D eigenvalue weighted by Crippen LogP contribution is 2.57. The standard InChI is InChI=1S/C19H28O3/c1-12-17-14(16(21)10-11-19(17,2)18(12)22)8-9-15(20)13-6-4-3-5-7-13/h12-17,20-21H,3-7,10-11H2,1-2H3/t12?,14-,15+,16+,17+,19-/m1/s1. The van der Waals surface area contributed by atoms with Crippen LogP contribution >= 0.6 is 0 Å². The van der Waals surface area contributed by atoms with E-state index in [0.29, 0.717) is 12.2 Å². The molecule has 0 aromatic rings.